The maximum Gasteiger partial charge on any atom is 0.338 e. The van der Waals surface area contributed by atoms with Crippen molar-refractivity contribution in [2.75, 3.05) is 13.2 Å². The molecule has 6 aromatic rings. The minimum absolute atomic E-state index is 0.200. The summed E-state index contributed by atoms with van der Waals surface area (Å²) in [5.74, 6) is -0.836. The summed E-state index contributed by atoms with van der Waals surface area (Å²) < 4.78 is 14.9. The van der Waals surface area contributed by atoms with Gasteiger partial charge in [0, 0.05) is 39.6 Å². The molecule has 1 atom stereocenters. The van der Waals surface area contributed by atoms with Gasteiger partial charge in [-0.05, 0) is 55.1 Å². The van der Waals surface area contributed by atoms with Crippen LogP contribution in [0.25, 0.3) is 22.7 Å². The normalized spacial score (nSPS) is 14.5. The van der Waals surface area contributed by atoms with Crippen molar-refractivity contribution in [1.29, 1.82) is 0 Å². The number of carbonyl (C=O) groups is 2. The number of nitrogens with zero attached hydrogens (tertiary/aromatic N) is 3. The van der Waals surface area contributed by atoms with E-state index in [-0.39, 0.29) is 18.1 Å². The average Bonchev–Trinajstić information content (AvgIpc) is 3.84. The molecule has 1 aliphatic rings. The molecule has 3 aromatic carbocycles. The highest BCUT2D eigenvalue weighted by molar-refractivity contribution is 7.10. The minimum Gasteiger partial charge on any atom is -0.463 e. The predicted molar refractivity (Wildman–Crippen MR) is 189 cm³/mol. The van der Waals surface area contributed by atoms with E-state index in [4.69, 9.17) is 14.5 Å². The van der Waals surface area contributed by atoms with E-state index in [9.17, 15) is 14.4 Å². The summed E-state index contributed by atoms with van der Waals surface area (Å²) in [6, 6.07) is 28.2. The molecule has 10 heteroatoms. The molecule has 0 spiro atoms. The molecule has 0 amide bonds. The van der Waals surface area contributed by atoms with Crippen molar-refractivity contribution < 1.29 is 19.1 Å². The zero-order chi connectivity index (χ0) is 33.2. The van der Waals surface area contributed by atoms with Crippen LogP contribution in [0.5, 0.6) is 0 Å². The van der Waals surface area contributed by atoms with Gasteiger partial charge in [-0.3, -0.25) is 9.36 Å². The lowest BCUT2D eigenvalue weighted by Gasteiger charge is -2.24. The number of hydrogen-bond donors (Lipinski definition) is 0. The molecule has 0 fully saturated rings. The lowest BCUT2D eigenvalue weighted by atomic mass is 9.97. The lowest BCUT2D eigenvalue weighted by Crippen LogP contribution is -2.39. The van der Waals surface area contributed by atoms with Gasteiger partial charge >= 0.3 is 11.9 Å². The quantitative estimate of drug-likeness (QED) is 0.171. The first-order valence-corrected chi connectivity index (χ1v) is 17.3. The van der Waals surface area contributed by atoms with Gasteiger partial charge in [0.05, 0.1) is 34.6 Å². The first-order chi connectivity index (χ1) is 23.5. The zero-order valence-electron chi connectivity index (χ0n) is 26.3. The van der Waals surface area contributed by atoms with Gasteiger partial charge in [-0.2, -0.15) is 0 Å². The molecular weight excluding hydrogens is 643 g/mol. The van der Waals surface area contributed by atoms with Crippen LogP contribution in [0.4, 0.5) is 0 Å². The van der Waals surface area contributed by atoms with Gasteiger partial charge in [-0.1, -0.05) is 78.1 Å². The van der Waals surface area contributed by atoms with Gasteiger partial charge in [0.1, 0.15) is 6.04 Å². The first-order valence-electron chi connectivity index (χ1n) is 15.6. The fourth-order valence-corrected chi connectivity index (χ4v) is 7.79. The summed E-state index contributed by atoms with van der Waals surface area (Å²) in [6.45, 7) is 4.65. The maximum atomic E-state index is 14.3. The minimum atomic E-state index is -0.684. The molecule has 0 saturated carbocycles. The molecular formula is C38H31N3O5S2. The van der Waals surface area contributed by atoms with Crippen LogP contribution in [0.15, 0.2) is 118 Å². The van der Waals surface area contributed by atoms with Gasteiger partial charge < -0.3 is 14.0 Å². The second-order valence-electron chi connectivity index (χ2n) is 11.1. The Morgan fingerprint density at radius 2 is 1.60 bits per heavy atom. The fraction of sp³-hybridized carbons (Fsp3) is 0.158. The maximum absolute atomic E-state index is 14.3. The van der Waals surface area contributed by atoms with Crippen molar-refractivity contribution in [3.63, 3.8) is 0 Å². The van der Waals surface area contributed by atoms with Crippen LogP contribution in [-0.2, 0) is 20.8 Å². The monoisotopic (exact) mass is 673 g/mol. The van der Waals surface area contributed by atoms with E-state index >= 15 is 0 Å². The molecule has 8 nitrogen and oxygen atoms in total. The zero-order valence-corrected chi connectivity index (χ0v) is 27.9. The van der Waals surface area contributed by atoms with E-state index in [0.29, 0.717) is 39.3 Å². The summed E-state index contributed by atoms with van der Waals surface area (Å²) in [6.07, 6.45) is 3.95. The van der Waals surface area contributed by atoms with Gasteiger partial charge in [0.25, 0.3) is 5.56 Å². The van der Waals surface area contributed by atoms with Crippen molar-refractivity contribution in [3.8, 4) is 0 Å². The number of thiazole rings is 1. The summed E-state index contributed by atoms with van der Waals surface area (Å²) in [4.78, 5) is 46.4. The number of rotatable bonds is 9. The van der Waals surface area contributed by atoms with Gasteiger partial charge in [-0.15, -0.1) is 11.3 Å². The highest BCUT2D eigenvalue weighted by Crippen LogP contribution is 2.37. The number of carbonyl (C=O) groups excluding carboxylic acids is 2. The van der Waals surface area contributed by atoms with Gasteiger partial charge in [0.15, 0.2) is 4.80 Å². The molecule has 0 radical (unpaired) electrons. The Bertz CT molecular complexity index is 2350. The largest absolute Gasteiger partial charge is 0.463 e. The summed E-state index contributed by atoms with van der Waals surface area (Å²) in [5, 5.41) is 2.94. The molecule has 0 N–H and O–H groups in total. The molecule has 1 aliphatic heterocycles. The number of esters is 2. The SMILES string of the molecule is CCOC(=O)C1=C(c2ccccc2)N=c2s/c(=C\c3cn(Cc4ccc(C(=O)OCC)cc4)c4ccccc34)c(=O)n2[C@@H]1c1cccs1. The van der Waals surface area contributed by atoms with Gasteiger partial charge in [0.2, 0.25) is 0 Å². The standard InChI is InChI=1S/C38H31N3O5S2/c1-3-45-36(43)26-18-16-24(17-19-26)22-40-23-27(28-13-8-9-14-29(28)40)21-31-35(42)41-34(30-15-10-20-47-30)32(37(44)46-4-2)33(39-38(41)48-31)25-11-6-5-7-12-25/h5-21,23,34H,3-4,22H2,1-2H3/b31-21-/t34-/m1/s1. The third-order valence-corrected chi connectivity index (χ3v) is 10.0. The van der Waals surface area contributed by atoms with Crippen LogP contribution in [0.2, 0.25) is 0 Å². The highest BCUT2D eigenvalue weighted by Gasteiger charge is 2.35. The molecule has 7 rings (SSSR count). The Morgan fingerprint density at radius 1 is 0.875 bits per heavy atom. The Labute approximate surface area is 284 Å². The molecule has 240 valence electrons. The van der Waals surface area contributed by atoms with Crippen LogP contribution in [0, 0.1) is 0 Å². The predicted octanol–water partition coefficient (Wildman–Crippen LogP) is 6.18. The van der Waals surface area contributed by atoms with Crippen LogP contribution in [0.1, 0.15) is 51.8 Å². The summed E-state index contributed by atoms with van der Waals surface area (Å²) in [5.41, 5.74) is 4.83. The van der Waals surface area contributed by atoms with Gasteiger partial charge in [-0.25, -0.2) is 14.6 Å². The Morgan fingerprint density at radius 3 is 2.33 bits per heavy atom. The van der Waals surface area contributed by atoms with E-state index < -0.39 is 12.0 Å². The van der Waals surface area contributed by atoms with Crippen LogP contribution in [-0.4, -0.2) is 34.3 Å². The number of thiophene rings is 1. The van der Waals surface area contributed by atoms with E-state index in [1.165, 1.54) is 22.7 Å². The number of benzene rings is 3. The second-order valence-corrected chi connectivity index (χ2v) is 13.1. The molecule has 48 heavy (non-hydrogen) atoms. The third-order valence-electron chi connectivity index (χ3n) is 8.11. The number of para-hydroxylation sites is 1. The van der Waals surface area contributed by atoms with Crippen LogP contribution in [0.3, 0.4) is 0 Å². The van der Waals surface area contributed by atoms with Crippen molar-refractivity contribution in [2.45, 2.75) is 26.4 Å². The number of fused-ring (bicyclic) bond motifs is 2. The highest BCUT2D eigenvalue weighted by atomic mass is 32.1. The Hall–Kier alpha value is -5.32. The van der Waals surface area contributed by atoms with Crippen molar-refractivity contribution in [2.24, 2.45) is 4.99 Å². The summed E-state index contributed by atoms with van der Waals surface area (Å²) >= 11 is 2.79. The number of ether oxygens (including phenoxy) is 2. The van der Waals surface area contributed by atoms with Crippen molar-refractivity contribution in [1.82, 2.24) is 9.13 Å². The van der Waals surface area contributed by atoms with E-state index in [1.807, 2.05) is 90.4 Å². The molecule has 0 bridgehead atoms. The topological polar surface area (TPSA) is 91.9 Å². The third kappa shape index (κ3) is 5.85. The second kappa shape index (κ2) is 13.4. The van der Waals surface area contributed by atoms with E-state index in [2.05, 4.69) is 10.6 Å². The Kier molecular flexibility index (Phi) is 8.75. The summed E-state index contributed by atoms with van der Waals surface area (Å²) in [7, 11) is 0. The Balaban J connectivity index is 1.36. The lowest BCUT2D eigenvalue weighted by molar-refractivity contribution is -0.138. The van der Waals surface area contributed by atoms with Crippen molar-refractivity contribution >= 4 is 57.3 Å². The molecule has 0 aliphatic carbocycles. The van der Waals surface area contributed by atoms with E-state index in [0.717, 1.165) is 32.5 Å². The first kappa shape index (κ1) is 31.3. The molecule has 0 saturated heterocycles. The van der Waals surface area contributed by atoms with Crippen LogP contribution >= 0.6 is 22.7 Å². The number of aromatic nitrogens is 2. The molecule has 4 heterocycles. The molecule has 3 aromatic heterocycles. The van der Waals surface area contributed by atoms with Crippen LogP contribution < -0.4 is 14.9 Å². The average molecular weight is 674 g/mol. The smallest absolute Gasteiger partial charge is 0.338 e. The van der Waals surface area contributed by atoms with Crippen molar-refractivity contribution in [3.05, 3.63) is 155 Å². The fourth-order valence-electron chi connectivity index (χ4n) is 5.98. The molecule has 0 unspecified atom stereocenters. The van der Waals surface area contributed by atoms with E-state index in [1.54, 1.807) is 30.5 Å². The number of hydrogen-bond acceptors (Lipinski definition) is 8.